The first-order valence-electron chi connectivity index (χ1n) is 12.2. The van der Waals surface area contributed by atoms with Crippen molar-refractivity contribution in [1.29, 1.82) is 0 Å². The zero-order chi connectivity index (χ0) is 24.0. The Hall–Kier alpha value is -2.89. The molecule has 2 unspecified atom stereocenters. The van der Waals surface area contributed by atoms with Crippen molar-refractivity contribution in [2.45, 2.75) is 72.9 Å². The molecule has 0 radical (unpaired) electrons. The van der Waals surface area contributed by atoms with Crippen LogP contribution in [0.5, 0.6) is 0 Å². The standard InChI is InChI=1S/C27H38N4O2/c1-6-7-16-28-27(33)24-13-10-20(3)30(18-24)26(32)15-14-25-21(4)29-31(22(25)5)17-23-11-8-19(2)9-12-23/h8-9,11-12,14-15,20,24H,6-7,10,13,16-18H2,1-5H3,(H,28,33). The summed E-state index contributed by atoms with van der Waals surface area (Å²) in [5.74, 6) is -0.101. The monoisotopic (exact) mass is 450 g/mol. The number of amides is 2. The molecule has 0 bridgehead atoms. The minimum Gasteiger partial charge on any atom is -0.356 e. The van der Waals surface area contributed by atoms with Gasteiger partial charge in [-0.05, 0) is 58.6 Å². The van der Waals surface area contributed by atoms with Crippen LogP contribution in [0.25, 0.3) is 6.08 Å². The van der Waals surface area contributed by atoms with Crippen LogP contribution in [-0.4, -0.2) is 45.6 Å². The summed E-state index contributed by atoms with van der Waals surface area (Å²) in [4.78, 5) is 27.4. The van der Waals surface area contributed by atoms with Crippen LogP contribution in [0.2, 0.25) is 0 Å². The van der Waals surface area contributed by atoms with Gasteiger partial charge in [0, 0.05) is 36.5 Å². The molecule has 1 aromatic heterocycles. The highest BCUT2D eigenvalue weighted by atomic mass is 16.2. The molecule has 3 rings (SSSR count). The number of aryl methyl sites for hydroxylation is 2. The van der Waals surface area contributed by atoms with Gasteiger partial charge < -0.3 is 10.2 Å². The van der Waals surface area contributed by atoms with Crippen LogP contribution in [0.15, 0.2) is 30.3 Å². The van der Waals surface area contributed by atoms with Crippen LogP contribution < -0.4 is 5.32 Å². The number of unbranched alkanes of at least 4 members (excludes halogenated alkanes) is 1. The average molecular weight is 451 g/mol. The number of nitrogens with one attached hydrogen (secondary N) is 1. The van der Waals surface area contributed by atoms with Gasteiger partial charge in [-0.15, -0.1) is 0 Å². The fourth-order valence-electron chi connectivity index (χ4n) is 4.38. The summed E-state index contributed by atoms with van der Waals surface area (Å²) in [6.07, 6.45) is 7.23. The summed E-state index contributed by atoms with van der Waals surface area (Å²) in [5.41, 5.74) is 5.36. The Morgan fingerprint density at radius 1 is 1.15 bits per heavy atom. The van der Waals surface area contributed by atoms with Crippen LogP contribution in [0.1, 0.15) is 67.6 Å². The second-order valence-corrected chi connectivity index (χ2v) is 9.32. The van der Waals surface area contributed by atoms with E-state index in [1.54, 1.807) is 6.08 Å². The molecule has 2 aromatic rings. The van der Waals surface area contributed by atoms with Gasteiger partial charge >= 0.3 is 0 Å². The molecule has 6 nitrogen and oxygen atoms in total. The SMILES string of the molecule is CCCCNC(=O)C1CCC(C)N(C(=O)C=Cc2c(C)nn(Cc3ccc(C)cc3)c2C)C1. The predicted octanol–water partition coefficient (Wildman–Crippen LogP) is 4.41. The molecule has 1 N–H and O–H groups in total. The lowest BCUT2D eigenvalue weighted by molar-refractivity contribution is -0.134. The third-order valence-electron chi connectivity index (χ3n) is 6.65. The molecule has 1 saturated heterocycles. The summed E-state index contributed by atoms with van der Waals surface area (Å²) in [5, 5.41) is 7.71. The van der Waals surface area contributed by atoms with E-state index in [-0.39, 0.29) is 23.8 Å². The van der Waals surface area contributed by atoms with Crippen LogP contribution in [0.3, 0.4) is 0 Å². The van der Waals surface area contributed by atoms with Crippen LogP contribution >= 0.6 is 0 Å². The van der Waals surface area contributed by atoms with Crippen molar-refractivity contribution in [3.8, 4) is 0 Å². The van der Waals surface area contributed by atoms with Crippen molar-refractivity contribution in [2.24, 2.45) is 5.92 Å². The van der Waals surface area contributed by atoms with E-state index in [9.17, 15) is 9.59 Å². The lowest BCUT2D eigenvalue weighted by Crippen LogP contribution is -2.49. The summed E-state index contributed by atoms with van der Waals surface area (Å²) in [6.45, 7) is 12.2. The van der Waals surface area contributed by atoms with Gasteiger partial charge in [0.25, 0.3) is 0 Å². The van der Waals surface area contributed by atoms with E-state index in [0.29, 0.717) is 19.6 Å². The van der Waals surface area contributed by atoms with Crippen molar-refractivity contribution in [1.82, 2.24) is 20.0 Å². The number of aromatic nitrogens is 2. The molecule has 1 aliphatic rings. The number of carbonyl (C=O) groups is 2. The van der Waals surface area contributed by atoms with Crippen LogP contribution in [-0.2, 0) is 16.1 Å². The van der Waals surface area contributed by atoms with Gasteiger partial charge in [-0.2, -0.15) is 5.10 Å². The summed E-state index contributed by atoms with van der Waals surface area (Å²) >= 11 is 0. The molecular formula is C27H38N4O2. The number of likely N-dealkylation sites (tertiary alicyclic amines) is 1. The van der Waals surface area contributed by atoms with Gasteiger partial charge in [0.15, 0.2) is 0 Å². The van der Waals surface area contributed by atoms with Crippen molar-refractivity contribution >= 4 is 17.9 Å². The number of hydrogen-bond donors (Lipinski definition) is 1. The molecule has 1 fully saturated rings. The van der Waals surface area contributed by atoms with E-state index in [1.165, 1.54) is 11.1 Å². The Kier molecular flexibility index (Phi) is 8.48. The molecular weight excluding hydrogens is 412 g/mol. The van der Waals surface area contributed by atoms with Gasteiger partial charge in [0.1, 0.15) is 0 Å². The maximum atomic E-state index is 13.0. The number of nitrogens with zero attached hydrogens (tertiary/aromatic N) is 3. The second kappa shape index (κ2) is 11.3. The lowest BCUT2D eigenvalue weighted by Gasteiger charge is -2.36. The molecule has 0 saturated carbocycles. The topological polar surface area (TPSA) is 67.2 Å². The predicted molar refractivity (Wildman–Crippen MR) is 133 cm³/mol. The third-order valence-corrected chi connectivity index (χ3v) is 6.65. The number of carbonyl (C=O) groups excluding carboxylic acids is 2. The third kappa shape index (κ3) is 6.34. The first-order chi connectivity index (χ1) is 15.8. The van der Waals surface area contributed by atoms with Gasteiger partial charge in [0.05, 0.1) is 18.2 Å². The average Bonchev–Trinajstić information content (AvgIpc) is 3.06. The number of piperidine rings is 1. The van der Waals surface area contributed by atoms with E-state index in [2.05, 4.69) is 50.4 Å². The molecule has 0 spiro atoms. The van der Waals surface area contributed by atoms with E-state index < -0.39 is 0 Å². The Balaban J connectivity index is 1.67. The Morgan fingerprint density at radius 2 is 1.88 bits per heavy atom. The molecule has 178 valence electrons. The summed E-state index contributed by atoms with van der Waals surface area (Å²) in [7, 11) is 0. The first kappa shape index (κ1) is 24.7. The highest BCUT2D eigenvalue weighted by Gasteiger charge is 2.31. The zero-order valence-electron chi connectivity index (χ0n) is 20.7. The molecule has 2 atom stereocenters. The molecule has 2 amide bonds. The highest BCUT2D eigenvalue weighted by Crippen LogP contribution is 2.23. The number of hydrogen-bond acceptors (Lipinski definition) is 3. The molecule has 6 heteroatoms. The van der Waals surface area contributed by atoms with Crippen molar-refractivity contribution in [2.75, 3.05) is 13.1 Å². The maximum absolute atomic E-state index is 13.0. The normalized spacial score (nSPS) is 18.6. The largest absolute Gasteiger partial charge is 0.356 e. The first-order valence-corrected chi connectivity index (χ1v) is 12.2. The van der Waals surface area contributed by atoms with E-state index >= 15 is 0 Å². The number of benzene rings is 1. The molecule has 0 aliphatic carbocycles. The quantitative estimate of drug-likeness (QED) is 0.478. The fourth-order valence-corrected chi connectivity index (χ4v) is 4.38. The molecule has 2 heterocycles. The van der Waals surface area contributed by atoms with Crippen LogP contribution in [0.4, 0.5) is 0 Å². The van der Waals surface area contributed by atoms with Crippen molar-refractivity contribution in [3.05, 3.63) is 58.4 Å². The minimum absolute atomic E-state index is 0.0429. The Bertz CT molecular complexity index is 990. The fraction of sp³-hybridized carbons (Fsp3) is 0.519. The molecule has 33 heavy (non-hydrogen) atoms. The van der Waals surface area contributed by atoms with E-state index in [1.807, 2.05) is 29.5 Å². The Labute approximate surface area is 198 Å². The minimum atomic E-state index is -0.129. The maximum Gasteiger partial charge on any atom is 0.246 e. The Morgan fingerprint density at radius 3 is 2.58 bits per heavy atom. The van der Waals surface area contributed by atoms with E-state index in [4.69, 9.17) is 5.10 Å². The zero-order valence-corrected chi connectivity index (χ0v) is 20.7. The van der Waals surface area contributed by atoms with Crippen molar-refractivity contribution < 1.29 is 9.59 Å². The summed E-state index contributed by atoms with van der Waals surface area (Å²) < 4.78 is 1.99. The highest BCUT2D eigenvalue weighted by molar-refractivity contribution is 5.93. The summed E-state index contributed by atoms with van der Waals surface area (Å²) in [6, 6.07) is 8.60. The van der Waals surface area contributed by atoms with E-state index in [0.717, 1.165) is 42.6 Å². The van der Waals surface area contributed by atoms with Crippen molar-refractivity contribution in [3.63, 3.8) is 0 Å². The smallest absolute Gasteiger partial charge is 0.246 e. The molecule has 1 aliphatic heterocycles. The van der Waals surface area contributed by atoms with Gasteiger partial charge in [-0.25, -0.2) is 0 Å². The lowest BCUT2D eigenvalue weighted by atomic mass is 9.92. The van der Waals surface area contributed by atoms with Gasteiger partial charge in [-0.1, -0.05) is 43.2 Å². The van der Waals surface area contributed by atoms with Crippen LogP contribution in [0, 0.1) is 26.7 Å². The molecule has 1 aromatic carbocycles. The second-order valence-electron chi connectivity index (χ2n) is 9.32. The van der Waals surface area contributed by atoms with Gasteiger partial charge in [-0.3, -0.25) is 14.3 Å². The van der Waals surface area contributed by atoms with Gasteiger partial charge in [0.2, 0.25) is 11.8 Å². The number of rotatable bonds is 8.